The van der Waals surface area contributed by atoms with Crippen molar-refractivity contribution in [1.29, 1.82) is 0 Å². The first-order chi connectivity index (χ1) is 12.4. The zero-order valence-corrected chi connectivity index (χ0v) is 15.6. The number of ether oxygens (including phenoxy) is 1. The smallest absolute Gasteiger partial charge is 0.328 e. The van der Waals surface area contributed by atoms with E-state index in [9.17, 15) is 14.4 Å². The number of aromatic nitrogens is 1. The fourth-order valence-corrected chi connectivity index (χ4v) is 4.13. The molecule has 2 aliphatic heterocycles. The van der Waals surface area contributed by atoms with Crippen molar-refractivity contribution in [2.75, 3.05) is 20.2 Å². The molecule has 1 fully saturated rings. The minimum Gasteiger partial charge on any atom is -0.467 e. The second-order valence-corrected chi connectivity index (χ2v) is 7.76. The van der Waals surface area contributed by atoms with Crippen molar-refractivity contribution >= 4 is 12.0 Å². The molecule has 1 N–H and O–H groups in total. The van der Waals surface area contributed by atoms with Gasteiger partial charge in [0.25, 0.3) is 5.56 Å². The van der Waals surface area contributed by atoms with Crippen LogP contribution in [0.2, 0.25) is 0 Å². The van der Waals surface area contributed by atoms with E-state index < -0.39 is 12.0 Å². The summed E-state index contributed by atoms with van der Waals surface area (Å²) < 4.78 is 6.66. The van der Waals surface area contributed by atoms with Crippen molar-refractivity contribution < 1.29 is 14.3 Å². The summed E-state index contributed by atoms with van der Waals surface area (Å²) in [5.74, 6) is 0.262. The number of piperidine rings is 1. The Morgan fingerprint density at radius 2 is 2.04 bits per heavy atom. The van der Waals surface area contributed by atoms with Crippen molar-refractivity contribution in [2.45, 2.75) is 45.2 Å². The van der Waals surface area contributed by atoms with Crippen LogP contribution in [0.5, 0.6) is 0 Å². The van der Waals surface area contributed by atoms with Crippen LogP contribution in [-0.4, -0.2) is 47.7 Å². The molecule has 1 aromatic rings. The summed E-state index contributed by atoms with van der Waals surface area (Å²) in [6.07, 6.45) is 1.52. The van der Waals surface area contributed by atoms with Gasteiger partial charge in [0, 0.05) is 37.3 Å². The topological polar surface area (TPSA) is 80.6 Å². The SMILES string of the molecule is COC(=O)[C@@H](CC(C)C)NC(=O)N1C[C@H]2C[C@@H](C1)c1cccc(=O)n1C2. The molecule has 0 aromatic carbocycles. The second kappa shape index (κ2) is 7.51. The molecule has 3 rings (SSSR count). The Kier molecular flexibility index (Phi) is 5.34. The Bertz CT molecular complexity index is 743. The van der Waals surface area contributed by atoms with Crippen LogP contribution in [0.1, 0.15) is 38.3 Å². The van der Waals surface area contributed by atoms with Crippen LogP contribution in [0, 0.1) is 11.8 Å². The third-order valence-electron chi connectivity index (χ3n) is 5.26. The van der Waals surface area contributed by atoms with Gasteiger partial charge in [-0.05, 0) is 30.7 Å². The van der Waals surface area contributed by atoms with Gasteiger partial charge >= 0.3 is 12.0 Å². The van der Waals surface area contributed by atoms with E-state index in [0.29, 0.717) is 26.1 Å². The lowest BCUT2D eigenvalue weighted by Crippen LogP contribution is -2.54. The van der Waals surface area contributed by atoms with Crippen molar-refractivity contribution in [3.8, 4) is 0 Å². The number of hydrogen-bond acceptors (Lipinski definition) is 4. The first-order valence-corrected chi connectivity index (χ1v) is 9.22. The highest BCUT2D eigenvalue weighted by molar-refractivity contribution is 5.83. The summed E-state index contributed by atoms with van der Waals surface area (Å²) in [6, 6.07) is 4.47. The molecule has 3 atom stereocenters. The predicted octanol–water partition coefficient (Wildman–Crippen LogP) is 1.56. The van der Waals surface area contributed by atoms with Crippen LogP contribution in [0.25, 0.3) is 0 Å². The van der Waals surface area contributed by atoms with Gasteiger partial charge in [-0.25, -0.2) is 9.59 Å². The molecule has 7 heteroatoms. The summed E-state index contributed by atoms with van der Waals surface area (Å²) in [4.78, 5) is 38.6. The number of amides is 2. The number of carbonyl (C=O) groups is 2. The van der Waals surface area contributed by atoms with Gasteiger partial charge in [0.05, 0.1) is 7.11 Å². The number of rotatable bonds is 4. The van der Waals surface area contributed by atoms with Crippen LogP contribution in [0.15, 0.2) is 23.0 Å². The van der Waals surface area contributed by atoms with Gasteiger partial charge in [-0.2, -0.15) is 0 Å². The van der Waals surface area contributed by atoms with Gasteiger partial charge in [0.1, 0.15) is 6.04 Å². The van der Waals surface area contributed by atoms with Gasteiger partial charge < -0.3 is 19.5 Å². The Hall–Kier alpha value is -2.31. The maximum Gasteiger partial charge on any atom is 0.328 e. The lowest BCUT2D eigenvalue weighted by molar-refractivity contribution is -0.143. The largest absolute Gasteiger partial charge is 0.467 e. The lowest BCUT2D eigenvalue weighted by atomic mass is 9.83. The Labute approximate surface area is 153 Å². The van der Waals surface area contributed by atoms with Crippen LogP contribution in [-0.2, 0) is 16.1 Å². The number of fused-ring (bicyclic) bond motifs is 4. The Morgan fingerprint density at radius 1 is 1.27 bits per heavy atom. The van der Waals surface area contributed by atoms with E-state index in [-0.39, 0.29) is 29.3 Å². The molecule has 142 valence electrons. The van der Waals surface area contributed by atoms with Crippen LogP contribution in [0.4, 0.5) is 4.79 Å². The van der Waals surface area contributed by atoms with E-state index in [1.807, 2.05) is 24.5 Å². The van der Waals surface area contributed by atoms with Crippen molar-refractivity contribution in [3.05, 3.63) is 34.2 Å². The van der Waals surface area contributed by atoms with E-state index in [4.69, 9.17) is 4.74 Å². The highest BCUT2D eigenvalue weighted by Gasteiger charge is 2.37. The predicted molar refractivity (Wildman–Crippen MR) is 96.9 cm³/mol. The number of esters is 1. The third kappa shape index (κ3) is 3.76. The molecular formula is C19H27N3O4. The van der Waals surface area contributed by atoms with Crippen LogP contribution >= 0.6 is 0 Å². The molecule has 0 unspecified atom stereocenters. The standard InChI is InChI=1S/C19H27N3O4/c1-12(2)7-15(18(24)26-3)20-19(25)21-9-13-8-14(11-21)16-5-4-6-17(23)22(16)10-13/h4-6,12-15H,7-11H2,1-3H3,(H,20,25)/t13-,14+,15-/m1/s1. The number of urea groups is 1. The molecule has 26 heavy (non-hydrogen) atoms. The molecule has 3 heterocycles. The molecule has 1 aromatic heterocycles. The summed E-state index contributed by atoms with van der Waals surface area (Å²) in [5, 5.41) is 2.84. The highest BCUT2D eigenvalue weighted by Crippen LogP contribution is 2.34. The maximum atomic E-state index is 12.8. The monoisotopic (exact) mass is 361 g/mol. The number of nitrogens with one attached hydrogen (secondary N) is 1. The molecule has 2 bridgehead atoms. The van der Waals surface area contributed by atoms with E-state index in [0.717, 1.165) is 12.1 Å². The quantitative estimate of drug-likeness (QED) is 0.826. The first-order valence-electron chi connectivity index (χ1n) is 9.22. The van der Waals surface area contributed by atoms with Gasteiger partial charge in [-0.15, -0.1) is 0 Å². The minimum atomic E-state index is -0.635. The molecule has 0 radical (unpaired) electrons. The Morgan fingerprint density at radius 3 is 2.73 bits per heavy atom. The maximum absolute atomic E-state index is 12.8. The molecule has 2 aliphatic rings. The molecular weight excluding hydrogens is 334 g/mol. The number of carbonyl (C=O) groups excluding carboxylic acids is 2. The molecule has 0 saturated carbocycles. The van der Waals surface area contributed by atoms with Crippen molar-refractivity contribution in [1.82, 2.24) is 14.8 Å². The first kappa shape index (κ1) is 18.5. The number of hydrogen-bond donors (Lipinski definition) is 1. The molecule has 0 aliphatic carbocycles. The Balaban J connectivity index is 1.72. The van der Waals surface area contributed by atoms with Gasteiger partial charge in [-0.1, -0.05) is 19.9 Å². The van der Waals surface area contributed by atoms with Crippen molar-refractivity contribution in [2.24, 2.45) is 11.8 Å². The highest BCUT2D eigenvalue weighted by atomic mass is 16.5. The van der Waals surface area contributed by atoms with E-state index in [1.54, 1.807) is 17.0 Å². The number of pyridine rings is 1. The number of likely N-dealkylation sites (tertiary alicyclic amines) is 1. The summed E-state index contributed by atoms with van der Waals surface area (Å²) in [6.45, 7) is 5.80. The zero-order chi connectivity index (χ0) is 18.8. The van der Waals surface area contributed by atoms with Crippen LogP contribution < -0.4 is 10.9 Å². The number of methoxy groups -OCH3 is 1. The normalized spacial score (nSPS) is 22.5. The van der Waals surface area contributed by atoms with E-state index in [1.165, 1.54) is 7.11 Å². The summed E-state index contributed by atoms with van der Waals surface area (Å²) in [7, 11) is 1.34. The molecule has 7 nitrogen and oxygen atoms in total. The van der Waals surface area contributed by atoms with Crippen molar-refractivity contribution in [3.63, 3.8) is 0 Å². The molecule has 0 spiro atoms. The fourth-order valence-electron chi connectivity index (χ4n) is 4.13. The minimum absolute atomic E-state index is 0.0257. The van der Waals surface area contributed by atoms with Crippen LogP contribution in [0.3, 0.4) is 0 Å². The lowest BCUT2D eigenvalue weighted by Gasteiger charge is -2.42. The van der Waals surface area contributed by atoms with E-state index in [2.05, 4.69) is 5.32 Å². The van der Waals surface area contributed by atoms with Gasteiger partial charge in [-0.3, -0.25) is 4.79 Å². The summed E-state index contributed by atoms with van der Waals surface area (Å²) in [5.41, 5.74) is 1.02. The van der Waals surface area contributed by atoms with E-state index >= 15 is 0 Å². The molecule has 1 saturated heterocycles. The molecule has 2 amide bonds. The fraction of sp³-hybridized carbons (Fsp3) is 0.632. The second-order valence-electron chi connectivity index (χ2n) is 7.76. The average Bonchev–Trinajstić information content (AvgIpc) is 2.60. The number of nitrogens with zero attached hydrogens (tertiary/aromatic N) is 2. The third-order valence-corrected chi connectivity index (χ3v) is 5.26. The average molecular weight is 361 g/mol. The van der Waals surface area contributed by atoms with Gasteiger partial charge in [0.15, 0.2) is 0 Å². The zero-order valence-electron chi connectivity index (χ0n) is 15.6. The summed E-state index contributed by atoms with van der Waals surface area (Å²) >= 11 is 0. The van der Waals surface area contributed by atoms with Gasteiger partial charge in [0.2, 0.25) is 0 Å².